The molecule has 5 heteroatoms. The number of carbonyl (C=O) groups is 1. The minimum atomic E-state index is -0.358. The molecule has 0 aliphatic rings. The first-order valence-corrected chi connectivity index (χ1v) is 7.14. The third-order valence-corrected chi connectivity index (χ3v) is 3.47. The zero-order valence-electron chi connectivity index (χ0n) is 10.9. The first kappa shape index (κ1) is 13.3. The highest BCUT2D eigenvalue weighted by Gasteiger charge is 2.09. The van der Waals surface area contributed by atoms with Crippen molar-refractivity contribution in [1.82, 2.24) is 4.98 Å². The Bertz CT molecular complexity index is 709. The standard InChI is InChI=1S/C16H11NO3S/c18-16(14-4-3-11-21-14)20-13-8-6-12(7-9-13)19-15-5-1-2-10-17-15/h1-11H. The molecule has 0 bridgehead atoms. The van der Waals surface area contributed by atoms with Gasteiger partial charge >= 0.3 is 5.97 Å². The lowest BCUT2D eigenvalue weighted by Gasteiger charge is -2.06. The van der Waals surface area contributed by atoms with Gasteiger partial charge < -0.3 is 9.47 Å². The number of aromatic nitrogens is 1. The second-order valence-electron chi connectivity index (χ2n) is 4.11. The van der Waals surface area contributed by atoms with Gasteiger partial charge in [-0.25, -0.2) is 9.78 Å². The molecule has 0 aliphatic heterocycles. The van der Waals surface area contributed by atoms with E-state index >= 15 is 0 Å². The molecule has 4 nitrogen and oxygen atoms in total. The Hall–Kier alpha value is -2.66. The van der Waals surface area contributed by atoms with Crippen LogP contribution in [-0.4, -0.2) is 11.0 Å². The quantitative estimate of drug-likeness (QED) is 0.536. The molecule has 0 unspecified atom stereocenters. The Morgan fingerprint density at radius 1 is 0.952 bits per heavy atom. The molecule has 104 valence electrons. The van der Waals surface area contributed by atoms with E-state index in [9.17, 15) is 4.79 Å². The van der Waals surface area contributed by atoms with E-state index in [-0.39, 0.29) is 5.97 Å². The van der Waals surface area contributed by atoms with Gasteiger partial charge in [0.2, 0.25) is 5.88 Å². The normalized spacial score (nSPS) is 10.1. The van der Waals surface area contributed by atoms with Gasteiger partial charge in [0.15, 0.2) is 0 Å². The van der Waals surface area contributed by atoms with Crippen LogP contribution in [0.2, 0.25) is 0 Å². The fourth-order valence-electron chi connectivity index (χ4n) is 1.66. The van der Waals surface area contributed by atoms with E-state index in [2.05, 4.69) is 4.98 Å². The molecule has 3 rings (SSSR count). The number of benzene rings is 1. The van der Waals surface area contributed by atoms with Crippen LogP contribution in [0.4, 0.5) is 0 Å². The summed E-state index contributed by atoms with van der Waals surface area (Å²) >= 11 is 1.35. The van der Waals surface area contributed by atoms with Gasteiger partial charge in [-0.15, -0.1) is 11.3 Å². The lowest BCUT2D eigenvalue weighted by atomic mass is 10.3. The van der Waals surface area contributed by atoms with Gasteiger partial charge in [0.25, 0.3) is 0 Å². The summed E-state index contributed by atoms with van der Waals surface area (Å²) < 4.78 is 10.8. The van der Waals surface area contributed by atoms with Crippen molar-refractivity contribution in [3.63, 3.8) is 0 Å². The number of hydrogen-bond acceptors (Lipinski definition) is 5. The average molecular weight is 297 g/mol. The maximum Gasteiger partial charge on any atom is 0.353 e. The molecule has 0 amide bonds. The van der Waals surface area contributed by atoms with Crippen molar-refractivity contribution >= 4 is 17.3 Å². The molecule has 3 aromatic rings. The Kier molecular flexibility index (Phi) is 3.93. The summed E-state index contributed by atoms with van der Waals surface area (Å²) in [6, 6.07) is 15.8. The zero-order chi connectivity index (χ0) is 14.5. The number of thiophene rings is 1. The lowest BCUT2D eigenvalue weighted by Crippen LogP contribution is -2.05. The molecule has 0 saturated heterocycles. The van der Waals surface area contributed by atoms with Crippen LogP contribution >= 0.6 is 11.3 Å². The number of nitrogens with zero attached hydrogens (tertiary/aromatic N) is 1. The van der Waals surface area contributed by atoms with Crippen molar-refractivity contribution in [2.75, 3.05) is 0 Å². The van der Waals surface area contributed by atoms with E-state index in [4.69, 9.17) is 9.47 Å². The average Bonchev–Trinajstić information content (AvgIpc) is 3.05. The molecule has 0 aliphatic carbocycles. The maximum atomic E-state index is 11.8. The molecule has 21 heavy (non-hydrogen) atoms. The van der Waals surface area contributed by atoms with E-state index < -0.39 is 0 Å². The van der Waals surface area contributed by atoms with Crippen molar-refractivity contribution in [3.8, 4) is 17.4 Å². The summed E-state index contributed by atoms with van der Waals surface area (Å²) in [4.78, 5) is 16.4. The van der Waals surface area contributed by atoms with Crippen molar-refractivity contribution in [3.05, 3.63) is 71.1 Å². The van der Waals surface area contributed by atoms with E-state index in [1.165, 1.54) is 11.3 Å². The van der Waals surface area contributed by atoms with Crippen LogP contribution < -0.4 is 9.47 Å². The molecule has 0 saturated carbocycles. The van der Waals surface area contributed by atoms with Crippen LogP contribution in [0.5, 0.6) is 17.4 Å². The van der Waals surface area contributed by atoms with E-state index in [0.29, 0.717) is 22.3 Å². The minimum Gasteiger partial charge on any atom is -0.439 e. The molecule has 1 aromatic carbocycles. The second kappa shape index (κ2) is 6.19. The van der Waals surface area contributed by atoms with E-state index in [1.54, 1.807) is 42.6 Å². The van der Waals surface area contributed by atoms with Gasteiger partial charge in [-0.05, 0) is 41.8 Å². The second-order valence-corrected chi connectivity index (χ2v) is 5.06. The summed E-state index contributed by atoms with van der Waals surface area (Å²) in [5.41, 5.74) is 0. The van der Waals surface area contributed by atoms with Crippen molar-refractivity contribution in [2.45, 2.75) is 0 Å². The van der Waals surface area contributed by atoms with Gasteiger partial charge in [0, 0.05) is 12.3 Å². The Morgan fingerprint density at radius 3 is 2.43 bits per heavy atom. The van der Waals surface area contributed by atoms with Crippen LogP contribution in [0.3, 0.4) is 0 Å². The first-order valence-electron chi connectivity index (χ1n) is 6.26. The molecule has 2 aromatic heterocycles. The molecular formula is C16H11NO3S. The SMILES string of the molecule is O=C(Oc1ccc(Oc2ccccn2)cc1)c1cccs1. The highest BCUT2D eigenvalue weighted by Crippen LogP contribution is 2.23. The topological polar surface area (TPSA) is 48.4 Å². The maximum absolute atomic E-state index is 11.8. The molecule has 0 fully saturated rings. The Morgan fingerprint density at radius 2 is 1.76 bits per heavy atom. The summed E-state index contributed by atoms with van der Waals surface area (Å²) in [5, 5.41) is 1.83. The van der Waals surface area contributed by atoms with Crippen LogP contribution in [-0.2, 0) is 0 Å². The van der Waals surface area contributed by atoms with Gasteiger partial charge in [-0.1, -0.05) is 12.1 Å². The largest absolute Gasteiger partial charge is 0.439 e. The number of rotatable bonds is 4. The van der Waals surface area contributed by atoms with Crippen LogP contribution in [0.1, 0.15) is 9.67 Å². The van der Waals surface area contributed by atoms with Crippen LogP contribution in [0.15, 0.2) is 66.2 Å². The Balaban J connectivity index is 1.65. The summed E-state index contributed by atoms with van der Waals surface area (Å²) in [6.07, 6.45) is 1.66. The fourth-order valence-corrected chi connectivity index (χ4v) is 2.25. The summed E-state index contributed by atoms with van der Waals surface area (Å²) in [7, 11) is 0. The lowest BCUT2D eigenvalue weighted by molar-refractivity contribution is 0.0739. The summed E-state index contributed by atoms with van der Waals surface area (Å²) in [5.74, 6) is 1.26. The van der Waals surface area contributed by atoms with Crippen LogP contribution in [0, 0.1) is 0 Å². The Labute approximate surface area is 125 Å². The third-order valence-electron chi connectivity index (χ3n) is 2.62. The highest BCUT2D eigenvalue weighted by molar-refractivity contribution is 7.12. The highest BCUT2D eigenvalue weighted by atomic mass is 32.1. The predicted molar refractivity (Wildman–Crippen MR) is 80.0 cm³/mol. The smallest absolute Gasteiger partial charge is 0.353 e. The third kappa shape index (κ3) is 3.46. The summed E-state index contributed by atoms with van der Waals surface area (Å²) in [6.45, 7) is 0. The minimum absolute atomic E-state index is 0.358. The predicted octanol–water partition coefficient (Wildman–Crippen LogP) is 4.15. The fraction of sp³-hybridized carbons (Fsp3) is 0. The number of esters is 1. The number of ether oxygens (including phenoxy) is 2. The molecule has 0 spiro atoms. The molecular weight excluding hydrogens is 286 g/mol. The zero-order valence-corrected chi connectivity index (χ0v) is 11.7. The molecule has 0 atom stereocenters. The molecule has 0 radical (unpaired) electrons. The number of hydrogen-bond donors (Lipinski definition) is 0. The van der Waals surface area contributed by atoms with E-state index in [0.717, 1.165) is 0 Å². The number of pyridine rings is 1. The van der Waals surface area contributed by atoms with Gasteiger partial charge in [0.05, 0.1) is 0 Å². The monoisotopic (exact) mass is 297 g/mol. The van der Waals surface area contributed by atoms with Gasteiger partial charge in [-0.2, -0.15) is 0 Å². The van der Waals surface area contributed by atoms with Crippen molar-refractivity contribution in [1.29, 1.82) is 0 Å². The molecule has 0 N–H and O–H groups in total. The number of carbonyl (C=O) groups excluding carboxylic acids is 1. The van der Waals surface area contributed by atoms with Gasteiger partial charge in [-0.3, -0.25) is 0 Å². The van der Waals surface area contributed by atoms with Crippen molar-refractivity contribution < 1.29 is 14.3 Å². The van der Waals surface area contributed by atoms with Gasteiger partial charge in [0.1, 0.15) is 16.4 Å². The first-order chi connectivity index (χ1) is 10.3. The molecule has 2 heterocycles. The van der Waals surface area contributed by atoms with E-state index in [1.807, 2.05) is 23.6 Å². The van der Waals surface area contributed by atoms with Crippen LogP contribution in [0.25, 0.3) is 0 Å². The van der Waals surface area contributed by atoms with Crippen molar-refractivity contribution in [2.24, 2.45) is 0 Å².